The number of pyridine rings is 1. The van der Waals surface area contributed by atoms with Crippen molar-refractivity contribution in [2.45, 2.75) is 6.92 Å². The first-order chi connectivity index (χ1) is 13.0. The number of aliphatic imine (C=N–C) groups is 3. The van der Waals surface area contributed by atoms with Gasteiger partial charge in [0.05, 0.1) is 0 Å². The number of aromatic nitrogens is 1. The molecular weight excluding hydrogens is 364 g/mol. The Morgan fingerprint density at radius 2 is 2.07 bits per heavy atom. The molecule has 2 heterocycles. The van der Waals surface area contributed by atoms with Crippen LogP contribution in [0.2, 0.25) is 5.02 Å². The topological polar surface area (TPSA) is 97.2 Å². The Balaban J connectivity index is 1.79. The fraction of sp³-hybridized carbons (Fsp3) is 0.0526. The summed E-state index contributed by atoms with van der Waals surface area (Å²) in [5, 5.41) is 3.61. The quantitative estimate of drug-likeness (QED) is 0.618. The molecule has 8 heteroatoms. The number of nitrogens with zero attached hydrogens (tertiary/aromatic N) is 4. The van der Waals surface area contributed by atoms with Gasteiger partial charge in [0.25, 0.3) is 0 Å². The minimum atomic E-state index is 0.191. The van der Waals surface area contributed by atoms with Gasteiger partial charge in [-0.15, -0.1) is 0 Å². The van der Waals surface area contributed by atoms with E-state index in [2.05, 4.69) is 31.9 Å². The molecule has 0 bridgehead atoms. The zero-order chi connectivity index (χ0) is 19.2. The van der Waals surface area contributed by atoms with E-state index in [0.717, 1.165) is 5.69 Å². The van der Waals surface area contributed by atoms with Crippen LogP contribution < -0.4 is 11.1 Å². The van der Waals surface area contributed by atoms with Crippen LogP contribution in [0.4, 0.5) is 11.5 Å². The lowest BCUT2D eigenvalue weighted by Gasteiger charge is -2.06. The number of nitrogens with two attached hydrogens (primary N) is 1. The molecular formula is C19H17ClN6O. The van der Waals surface area contributed by atoms with Gasteiger partial charge in [-0.2, -0.15) is 9.98 Å². The number of rotatable bonds is 4. The standard InChI is InChI=1S/C19H17ClN6O/c1-3-9-23-17-12(2)27-18(26-17)13-8-10-22-16(11-13)25-19(21)24-15-6-4-14(20)5-7-15/h3-11H,2H2,1H3,(H3,21,22,24,25)/b9-3-,23-17?. The van der Waals surface area contributed by atoms with Gasteiger partial charge < -0.3 is 15.8 Å². The number of nitrogens with one attached hydrogen (secondary N) is 1. The summed E-state index contributed by atoms with van der Waals surface area (Å²) in [6.45, 7) is 5.67. The average Bonchev–Trinajstić information content (AvgIpc) is 3.03. The van der Waals surface area contributed by atoms with Gasteiger partial charge in [0.1, 0.15) is 0 Å². The van der Waals surface area contributed by atoms with E-state index in [1.165, 1.54) is 0 Å². The van der Waals surface area contributed by atoms with Crippen molar-refractivity contribution in [1.82, 2.24) is 4.98 Å². The van der Waals surface area contributed by atoms with E-state index in [4.69, 9.17) is 22.1 Å². The second kappa shape index (κ2) is 8.29. The largest absolute Gasteiger partial charge is 0.435 e. The van der Waals surface area contributed by atoms with Gasteiger partial charge in [0.15, 0.2) is 23.4 Å². The van der Waals surface area contributed by atoms with Crippen molar-refractivity contribution < 1.29 is 4.74 Å². The molecule has 0 saturated heterocycles. The van der Waals surface area contributed by atoms with Crippen molar-refractivity contribution in [3.8, 4) is 0 Å². The van der Waals surface area contributed by atoms with Crippen molar-refractivity contribution in [2.75, 3.05) is 5.32 Å². The number of guanidine groups is 1. The molecule has 27 heavy (non-hydrogen) atoms. The zero-order valence-corrected chi connectivity index (χ0v) is 15.3. The number of hydrogen-bond donors (Lipinski definition) is 2. The third kappa shape index (κ3) is 4.80. The maximum absolute atomic E-state index is 5.94. The van der Waals surface area contributed by atoms with E-state index < -0.39 is 0 Å². The Morgan fingerprint density at radius 1 is 1.30 bits per heavy atom. The third-order valence-electron chi connectivity index (χ3n) is 3.37. The number of allylic oxidation sites excluding steroid dienone is 1. The van der Waals surface area contributed by atoms with Crippen molar-refractivity contribution >= 4 is 40.8 Å². The summed E-state index contributed by atoms with van der Waals surface area (Å²) >= 11 is 5.87. The highest BCUT2D eigenvalue weighted by Crippen LogP contribution is 2.19. The summed E-state index contributed by atoms with van der Waals surface area (Å²) in [4.78, 5) is 16.9. The highest BCUT2D eigenvalue weighted by molar-refractivity contribution is 6.30. The molecule has 0 atom stereocenters. The minimum Gasteiger partial charge on any atom is -0.435 e. The molecule has 0 spiro atoms. The zero-order valence-electron chi connectivity index (χ0n) is 14.6. The van der Waals surface area contributed by atoms with E-state index in [1.54, 1.807) is 54.9 Å². The number of amidine groups is 1. The maximum atomic E-state index is 5.94. The molecule has 0 radical (unpaired) electrons. The molecule has 1 aliphatic heterocycles. The second-order valence-electron chi connectivity index (χ2n) is 5.41. The van der Waals surface area contributed by atoms with Crippen molar-refractivity contribution in [1.29, 1.82) is 0 Å². The highest BCUT2D eigenvalue weighted by atomic mass is 35.5. The monoisotopic (exact) mass is 380 g/mol. The molecule has 0 aliphatic carbocycles. The molecule has 0 fully saturated rings. The fourth-order valence-electron chi connectivity index (χ4n) is 2.16. The van der Waals surface area contributed by atoms with Gasteiger partial charge in [-0.05, 0) is 43.3 Å². The number of anilines is 1. The molecule has 1 aromatic carbocycles. The Morgan fingerprint density at radius 3 is 2.81 bits per heavy atom. The number of halogens is 1. The van der Waals surface area contributed by atoms with E-state index in [0.29, 0.717) is 33.9 Å². The van der Waals surface area contributed by atoms with Gasteiger partial charge >= 0.3 is 0 Å². The molecule has 3 rings (SSSR count). The second-order valence-corrected chi connectivity index (χ2v) is 5.85. The van der Waals surface area contributed by atoms with Crippen LogP contribution in [0.5, 0.6) is 0 Å². The van der Waals surface area contributed by atoms with Gasteiger partial charge in [-0.1, -0.05) is 24.3 Å². The van der Waals surface area contributed by atoms with Crippen LogP contribution >= 0.6 is 11.6 Å². The van der Waals surface area contributed by atoms with Crippen molar-refractivity contribution in [3.05, 3.63) is 77.8 Å². The number of hydrogen-bond acceptors (Lipinski definition) is 4. The van der Waals surface area contributed by atoms with Gasteiger partial charge in [-0.25, -0.2) is 9.98 Å². The Labute approximate surface area is 161 Å². The van der Waals surface area contributed by atoms with Gasteiger partial charge in [-0.3, -0.25) is 0 Å². The minimum absolute atomic E-state index is 0.191. The van der Waals surface area contributed by atoms with Crippen LogP contribution in [0.25, 0.3) is 0 Å². The van der Waals surface area contributed by atoms with Crippen LogP contribution in [0, 0.1) is 0 Å². The summed E-state index contributed by atoms with van der Waals surface area (Å²) in [5.41, 5.74) is 7.40. The SMILES string of the molecule is C=C1OC(c2ccnc(N=C(N)Nc3ccc(Cl)cc3)c2)=NC1=N/C=C\C. The molecule has 2 aromatic rings. The predicted octanol–water partition coefficient (Wildman–Crippen LogP) is 4.02. The summed E-state index contributed by atoms with van der Waals surface area (Å²) in [5.74, 6) is 1.78. The van der Waals surface area contributed by atoms with E-state index in [1.807, 2.05) is 6.92 Å². The van der Waals surface area contributed by atoms with Crippen molar-refractivity contribution in [2.24, 2.45) is 20.7 Å². The van der Waals surface area contributed by atoms with Crippen LogP contribution in [-0.4, -0.2) is 22.7 Å². The van der Waals surface area contributed by atoms with Crippen LogP contribution in [0.3, 0.4) is 0 Å². The van der Waals surface area contributed by atoms with Crippen LogP contribution in [-0.2, 0) is 4.74 Å². The summed E-state index contributed by atoms with van der Waals surface area (Å²) < 4.78 is 5.58. The molecule has 7 nitrogen and oxygen atoms in total. The van der Waals surface area contributed by atoms with Crippen molar-refractivity contribution in [3.63, 3.8) is 0 Å². The van der Waals surface area contributed by atoms with Crippen LogP contribution in [0.15, 0.2) is 82.2 Å². The van der Waals surface area contributed by atoms with Gasteiger partial charge in [0.2, 0.25) is 5.90 Å². The number of benzene rings is 1. The molecule has 0 amide bonds. The Bertz CT molecular complexity index is 976. The third-order valence-corrected chi connectivity index (χ3v) is 3.62. The summed E-state index contributed by atoms with van der Waals surface area (Å²) in [7, 11) is 0. The molecule has 136 valence electrons. The molecule has 0 saturated carbocycles. The first-order valence-electron chi connectivity index (χ1n) is 8.03. The van der Waals surface area contributed by atoms with E-state index in [9.17, 15) is 0 Å². The first kappa shape index (κ1) is 18.3. The predicted molar refractivity (Wildman–Crippen MR) is 110 cm³/mol. The Hall–Kier alpha value is -3.45. The Kier molecular flexibility index (Phi) is 5.63. The normalized spacial score (nSPS) is 15.9. The smallest absolute Gasteiger partial charge is 0.229 e. The lowest BCUT2D eigenvalue weighted by atomic mass is 10.2. The molecule has 1 aromatic heterocycles. The van der Waals surface area contributed by atoms with Crippen LogP contribution in [0.1, 0.15) is 12.5 Å². The molecule has 0 unspecified atom stereocenters. The number of ether oxygens (including phenoxy) is 1. The lowest BCUT2D eigenvalue weighted by molar-refractivity contribution is 0.463. The molecule has 1 aliphatic rings. The fourth-order valence-corrected chi connectivity index (χ4v) is 2.28. The molecule has 3 N–H and O–H groups in total. The maximum Gasteiger partial charge on any atom is 0.229 e. The van der Waals surface area contributed by atoms with E-state index >= 15 is 0 Å². The van der Waals surface area contributed by atoms with Gasteiger partial charge in [0, 0.05) is 28.7 Å². The highest BCUT2D eigenvalue weighted by Gasteiger charge is 2.20. The lowest BCUT2D eigenvalue weighted by Crippen LogP contribution is -2.22. The first-order valence-corrected chi connectivity index (χ1v) is 8.41. The van der Waals surface area contributed by atoms with E-state index in [-0.39, 0.29) is 5.96 Å². The average molecular weight is 381 g/mol. The summed E-state index contributed by atoms with van der Waals surface area (Å²) in [6, 6.07) is 10.6. The summed E-state index contributed by atoms with van der Waals surface area (Å²) in [6.07, 6.45) is 5.02.